The van der Waals surface area contributed by atoms with Gasteiger partial charge in [-0.1, -0.05) is 36.4 Å². The lowest BCUT2D eigenvalue weighted by molar-refractivity contribution is -0.163. The van der Waals surface area contributed by atoms with Gasteiger partial charge in [0.2, 0.25) is 0 Å². The molecule has 0 aliphatic heterocycles. The zero-order valence-corrected chi connectivity index (χ0v) is 16.1. The van der Waals surface area contributed by atoms with Crippen LogP contribution in [0.15, 0.2) is 48.5 Å². The molecule has 0 heterocycles. The molecule has 0 aliphatic rings. The zero-order valence-electron chi connectivity index (χ0n) is 16.1. The van der Waals surface area contributed by atoms with Gasteiger partial charge in [-0.15, -0.1) is 0 Å². The van der Waals surface area contributed by atoms with Crippen LogP contribution in [-0.2, 0) is 20.9 Å². The Kier molecular flexibility index (Phi) is 7.83. The molecule has 2 rings (SSSR count). The smallest absolute Gasteiger partial charge is 0.481 e. The summed E-state index contributed by atoms with van der Waals surface area (Å²) in [5.41, 5.74) is 0.492. The number of amides is 1. The van der Waals surface area contributed by atoms with Crippen molar-refractivity contribution >= 4 is 23.9 Å². The van der Waals surface area contributed by atoms with Gasteiger partial charge in [-0.05, 0) is 24.6 Å². The van der Waals surface area contributed by atoms with Crippen molar-refractivity contribution in [1.29, 1.82) is 0 Å². The van der Waals surface area contributed by atoms with Crippen molar-refractivity contribution in [1.82, 2.24) is 0 Å². The minimum atomic E-state index is -4.76. The first kappa shape index (κ1) is 23.5. The lowest BCUT2D eigenvalue weighted by Crippen LogP contribution is -2.23. The number of hydrogen-bond acceptors (Lipinski definition) is 6. The first-order valence-corrected chi connectivity index (χ1v) is 8.81. The fourth-order valence-corrected chi connectivity index (χ4v) is 2.44. The van der Waals surface area contributed by atoms with Crippen LogP contribution in [0.4, 0.5) is 28.4 Å². The third kappa shape index (κ3) is 7.53. The number of nitrogens with one attached hydrogen (secondary N) is 1. The molecule has 11 heteroatoms. The monoisotopic (exact) mass is 441 g/mol. The Hall–Kier alpha value is -3.76. The molecule has 31 heavy (non-hydrogen) atoms. The molecule has 2 aromatic rings. The number of benzene rings is 2. The summed E-state index contributed by atoms with van der Waals surface area (Å²) in [5, 5.41) is 11.7. The van der Waals surface area contributed by atoms with Gasteiger partial charge < -0.3 is 19.3 Å². The number of hydrogen-bond donors (Lipinski definition) is 2. The molecule has 0 aromatic heterocycles. The summed E-state index contributed by atoms with van der Waals surface area (Å²) >= 11 is 0. The maximum atomic E-state index is 12.2. The predicted molar refractivity (Wildman–Crippen MR) is 101 cm³/mol. The summed E-state index contributed by atoms with van der Waals surface area (Å²) in [4.78, 5) is 35.2. The highest BCUT2D eigenvalue weighted by molar-refractivity contribution is 5.89. The van der Waals surface area contributed by atoms with E-state index in [-0.39, 0.29) is 23.6 Å². The average molecular weight is 441 g/mol. The maximum Gasteiger partial charge on any atom is 0.514 e. The first-order chi connectivity index (χ1) is 14.6. The molecule has 166 valence electrons. The average Bonchev–Trinajstić information content (AvgIpc) is 2.71. The van der Waals surface area contributed by atoms with E-state index in [1.807, 2.05) is 0 Å². The Morgan fingerprint density at radius 3 is 2.32 bits per heavy atom. The highest BCUT2D eigenvalue weighted by atomic mass is 19.4. The van der Waals surface area contributed by atoms with E-state index >= 15 is 0 Å². The van der Waals surface area contributed by atoms with E-state index < -0.39 is 36.9 Å². The van der Waals surface area contributed by atoms with E-state index in [0.717, 1.165) is 6.07 Å². The van der Waals surface area contributed by atoms with Crippen molar-refractivity contribution in [2.45, 2.75) is 25.6 Å². The fourth-order valence-electron chi connectivity index (χ4n) is 2.44. The Bertz CT molecular complexity index is 932. The predicted octanol–water partition coefficient (Wildman–Crippen LogP) is 4.70. The minimum absolute atomic E-state index is 0.0591. The van der Waals surface area contributed by atoms with E-state index in [9.17, 15) is 32.7 Å². The topological polar surface area (TPSA) is 111 Å². The first-order valence-electron chi connectivity index (χ1n) is 8.81. The zero-order chi connectivity index (χ0) is 23.0. The van der Waals surface area contributed by atoms with Gasteiger partial charge in [0.15, 0.2) is 6.61 Å². The highest BCUT2D eigenvalue weighted by Crippen LogP contribution is 2.34. The summed E-state index contributed by atoms with van der Waals surface area (Å²) < 4.78 is 50.4. The van der Waals surface area contributed by atoms with E-state index in [1.165, 1.54) is 19.1 Å². The van der Waals surface area contributed by atoms with Crippen LogP contribution >= 0.6 is 0 Å². The van der Waals surface area contributed by atoms with E-state index in [4.69, 9.17) is 9.47 Å². The van der Waals surface area contributed by atoms with Crippen LogP contribution in [0.3, 0.4) is 0 Å². The normalized spacial score (nSPS) is 11.9. The van der Waals surface area contributed by atoms with Gasteiger partial charge in [-0.2, -0.15) is 13.2 Å². The molecule has 0 radical (unpaired) electrons. The molecule has 0 spiro atoms. The molecule has 0 bridgehead atoms. The van der Waals surface area contributed by atoms with Gasteiger partial charge in [-0.3, -0.25) is 10.1 Å². The molecule has 1 unspecified atom stereocenters. The fraction of sp³-hybridized carbons (Fsp3) is 0.250. The molecular weight excluding hydrogens is 423 g/mol. The molecule has 2 aromatic carbocycles. The summed E-state index contributed by atoms with van der Waals surface area (Å²) in [5.74, 6) is -3.01. The second-order valence-electron chi connectivity index (χ2n) is 6.22. The third-order valence-corrected chi connectivity index (χ3v) is 3.87. The third-order valence-electron chi connectivity index (χ3n) is 3.87. The number of carbonyl (C=O) groups excluding carboxylic acids is 2. The van der Waals surface area contributed by atoms with Crippen LogP contribution in [0.5, 0.6) is 5.75 Å². The molecule has 0 fully saturated rings. The molecular formula is C20H18F3NO7. The van der Waals surface area contributed by atoms with Crippen LogP contribution in [0, 0.1) is 0 Å². The van der Waals surface area contributed by atoms with Crippen molar-refractivity contribution in [3.63, 3.8) is 0 Å². The largest absolute Gasteiger partial charge is 0.514 e. The highest BCUT2D eigenvalue weighted by Gasteiger charge is 2.31. The standard InChI is InChI=1S/C20H18F3NO7/c1-12(17(25)26)16-14(24-18(27)29-10-13-6-3-2-4-7-13)8-5-9-15(16)31-19(28)30-11-20(21,22)23/h2-9,12H,10-11H2,1H3,(H,24,27)(H,25,26). The minimum Gasteiger partial charge on any atom is -0.481 e. The Morgan fingerprint density at radius 1 is 1.03 bits per heavy atom. The number of anilines is 1. The van der Waals surface area contributed by atoms with Crippen LogP contribution in [-0.4, -0.2) is 36.1 Å². The molecule has 0 aliphatic carbocycles. The Balaban J connectivity index is 2.18. The van der Waals surface area contributed by atoms with Crippen molar-refractivity contribution in [2.75, 3.05) is 11.9 Å². The molecule has 2 N–H and O–H groups in total. The second kappa shape index (κ2) is 10.3. The van der Waals surface area contributed by atoms with Gasteiger partial charge >= 0.3 is 24.4 Å². The molecule has 0 saturated heterocycles. The number of aliphatic carboxylic acids is 1. The SMILES string of the molecule is CC(C(=O)O)c1c(NC(=O)OCc2ccccc2)cccc1OC(=O)OCC(F)(F)F. The van der Waals surface area contributed by atoms with Gasteiger partial charge in [0.1, 0.15) is 12.4 Å². The quantitative estimate of drug-likeness (QED) is 0.473. The second-order valence-corrected chi connectivity index (χ2v) is 6.22. The van der Waals surface area contributed by atoms with Crippen molar-refractivity contribution in [2.24, 2.45) is 0 Å². The van der Waals surface area contributed by atoms with E-state index in [0.29, 0.717) is 5.56 Å². The molecule has 1 amide bonds. The summed E-state index contributed by atoms with van der Waals surface area (Å²) in [7, 11) is 0. The van der Waals surface area contributed by atoms with Gasteiger partial charge in [0.25, 0.3) is 0 Å². The van der Waals surface area contributed by atoms with Crippen molar-refractivity contribution < 1.29 is 46.9 Å². The summed E-state index contributed by atoms with van der Waals surface area (Å²) in [6.07, 6.45) is -7.36. The van der Waals surface area contributed by atoms with Gasteiger partial charge in [0, 0.05) is 5.56 Å². The number of carbonyl (C=O) groups is 3. The van der Waals surface area contributed by atoms with Crippen LogP contribution in [0.2, 0.25) is 0 Å². The molecule has 1 atom stereocenters. The summed E-state index contributed by atoms with van der Waals surface area (Å²) in [6.45, 7) is -0.693. The van der Waals surface area contributed by atoms with Crippen LogP contribution in [0.25, 0.3) is 0 Å². The van der Waals surface area contributed by atoms with Gasteiger partial charge in [-0.25, -0.2) is 9.59 Å². The molecule has 0 saturated carbocycles. The number of carboxylic acid groups (broad SMARTS) is 1. The van der Waals surface area contributed by atoms with Crippen molar-refractivity contribution in [3.8, 4) is 5.75 Å². The maximum absolute atomic E-state index is 12.2. The van der Waals surface area contributed by atoms with Crippen molar-refractivity contribution in [3.05, 3.63) is 59.7 Å². The number of alkyl halides is 3. The summed E-state index contributed by atoms with van der Waals surface area (Å²) in [6, 6.07) is 12.5. The van der Waals surface area contributed by atoms with Crippen LogP contribution < -0.4 is 10.1 Å². The number of carboxylic acids is 1. The number of ether oxygens (including phenoxy) is 3. The Labute approximate surface area is 174 Å². The van der Waals surface area contributed by atoms with E-state index in [1.54, 1.807) is 30.3 Å². The Morgan fingerprint density at radius 2 is 1.71 bits per heavy atom. The lowest BCUT2D eigenvalue weighted by atomic mass is 9.98. The number of rotatable bonds is 7. The lowest BCUT2D eigenvalue weighted by Gasteiger charge is -2.18. The number of halogens is 3. The molecule has 8 nitrogen and oxygen atoms in total. The van der Waals surface area contributed by atoms with E-state index in [2.05, 4.69) is 10.1 Å². The van der Waals surface area contributed by atoms with Crippen LogP contribution in [0.1, 0.15) is 24.0 Å². The van der Waals surface area contributed by atoms with Gasteiger partial charge in [0.05, 0.1) is 11.6 Å².